The van der Waals surface area contributed by atoms with Gasteiger partial charge in [-0.1, -0.05) is 78.6 Å². The van der Waals surface area contributed by atoms with E-state index < -0.39 is 7.38 Å². The highest BCUT2D eigenvalue weighted by molar-refractivity contribution is 9.09. The largest absolute Gasteiger partial charge is 0.465 e. The van der Waals surface area contributed by atoms with E-state index in [9.17, 15) is 4.79 Å². The average Bonchev–Trinajstić information content (AvgIpc) is 2.45. The third-order valence-corrected chi connectivity index (χ3v) is 6.22. The molecule has 5 heteroatoms. The predicted molar refractivity (Wildman–Crippen MR) is 95.7 cm³/mol. The maximum atomic E-state index is 11.9. The van der Waals surface area contributed by atoms with Crippen molar-refractivity contribution in [1.29, 1.82) is 0 Å². The molecular weight excluding hydrogens is 368 g/mol. The summed E-state index contributed by atoms with van der Waals surface area (Å²) in [6.07, 6.45) is 4.36. The van der Waals surface area contributed by atoms with Crippen LogP contribution < -0.4 is 0 Å². The van der Waals surface area contributed by atoms with E-state index >= 15 is 0 Å². The fraction of sp³-hybridized carbons (Fsp3) is 0.562. The smallest absolute Gasteiger partial charge is 0.324 e. The normalized spacial score (nSPS) is 13.0. The Labute approximate surface area is 142 Å². The maximum absolute atomic E-state index is 11.9. The molecule has 0 N–H and O–H groups in total. The fourth-order valence-corrected chi connectivity index (χ4v) is 3.93. The van der Waals surface area contributed by atoms with Gasteiger partial charge in [-0.3, -0.25) is 4.79 Å². The number of carbonyl (C=O) groups is 1. The minimum atomic E-state index is -1.42. The van der Waals surface area contributed by atoms with Crippen LogP contribution in [0.3, 0.4) is 0 Å². The van der Waals surface area contributed by atoms with Crippen molar-refractivity contribution in [1.82, 2.24) is 0 Å². The van der Waals surface area contributed by atoms with Gasteiger partial charge < -0.3 is 4.74 Å². The molecule has 1 rings (SSSR count). The van der Waals surface area contributed by atoms with Crippen LogP contribution in [0.4, 0.5) is 0 Å². The summed E-state index contributed by atoms with van der Waals surface area (Å²) in [6.45, 7) is 4.85. The number of hydrogen-bond acceptors (Lipinski definition) is 2. The zero-order valence-electron chi connectivity index (χ0n) is 12.8. The van der Waals surface area contributed by atoms with E-state index in [1.807, 2.05) is 30.3 Å². The Kier molecular flexibility index (Phi) is 8.60. The van der Waals surface area contributed by atoms with Crippen molar-refractivity contribution in [3.05, 3.63) is 35.9 Å². The Morgan fingerprint density at radius 3 is 2.43 bits per heavy atom. The number of unbranched alkanes of at least 4 members (excludes halogenated alkanes) is 3. The SMILES string of the molecule is C[Si](C)(Cl)CCCCCCOC(=O)C(Br)c1ccccc1. The van der Waals surface area contributed by atoms with E-state index in [2.05, 4.69) is 29.0 Å². The molecule has 0 amide bonds. The predicted octanol–water partition coefficient (Wildman–Crippen LogP) is 5.67. The molecule has 0 saturated heterocycles. The topological polar surface area (TPSA) is 26.3 Å². The molecule has 1 aromatic rings. The van der Waals surface area contributed by atoms with Crippen LogP contribution in [0.2, 0.25) is 19.1 Å². The molecule has 0 aliphatic carbocycles. The fourth-order valence-electron chi connectivity index (χ4n) is 2.00. The standard InChI is InChI=1S/C16H24BrClO2Si/c1-21(2,18)13-9-4-3-8-12-20-16(19)15(17)14-10-6-5-7-11-14/h5-7,10-11,15H,3-4,8-9,12-13H2,1-2H3. The Balaban J connectivity index is 2.11. The molecule has 0 aliphatic rings. The van der Waals surface area contributed by atoms with Gasteiger partial charge in [-0.15, -0.1) is 0 Å². The van der Waals surface area contributed by atoms with Crippen molar-refractivity contribution in [2.24, 2.45) is 0 Å². The summed E-state index contributed by atoms with van der Waals surface area (Å²) in [5.74, 6) is -0.213. The first kappa shape index (κ1) is 18.7. The Morgan fingerprint density at radius 1 is 1.19 bits per heavy atom. The van der Waals surface area contributed by atoms with Gasteiger partial charge in [0, 0.05) is 0 Å². The first-order chi connectivity index (χ1) is 9.90. The van der Waals surface area contributed by atoms with Crippen LogP contribution in [0.5, 0.6) is 0 Å². The van der Waals surface area contributed by atoms with Crippen LogP contribution in [-0.2, 0) is 9.53 Å². The monoisotopic (exact) mass is 390 g/mol. The zero-order chi connectivity index (χ0) is 15.7. The van der Waals surface area contributed by atoms with Crippen LogP contribution in [-0.4, -0.2) is 20.0 Å². The maximum Gasteiger partial charge on any atom is 0.324 e. The number of carbonyl (C=O) groups excluding carboxylic acids is 1. The molecule has 1 unspecified atom stereocenters. The first-order valence-electron chi connectivity index (χ1n) is 7.45. The second-order valence-corrected chi connectivity index (χ2v) is 13.7. The van der Waals surface area contributed by atoms with E-state index in [0.29, 0.717) is 6.61 Å². The lowest BCUT2D eigenvalue weighted by Gasteiger charge is -2.12. The van der Waals surface area contributed by atoms with Crippen LogP contribution >= 0.6 is 27.0 Å². The lowest BCUT2D eigenvalue weighted by Crippen LogP contribution is -2.15. The number of ether oxygens (including phenoxy) is 1. The van der Waals surface area contributed by atoms with Gasteiger partial charge in [0.05, 0.1) is 6.61 Å². The van der Waals surface area contributed by atoms with Crippen LogP contribution in [0, 0.1) is 0 Å². The van der Waals surface area contributed by atoms with Gasteiger partial charge in [-0.05, 0) is 18.0 Å². The van der Waals surface area contributed by atoms with Crippen LogP contribution in [0.25, 0.3) is 0 Å². The van der Waals surface area contributed by atoms with Crippen molar-refractivity contribution in [2.45, 2.75) is 49.6 Å². The average molecular weight is 392 g/mol. The summed E-state index contributed by atoms with van der Waals surface area (Å²) < 4.78 is 5.30. The summed E-state index contributed by atoms with van der Waals surface area (Å²) in [4.78, 5) is 11.5. The summed E-state index contributed by atoms with van der Waals surface area (Å²) in [7, 11) is -1.42. The van der Waals surface area contributed by atoms with Crippen molar-refractivity contribution in [2.75, 3.05) is 6.61 Å². The number of benzene rings is 1. The van der Waals surface area contributed by atoms with Crippen molar-refractivity contribution < 1.29 is 9.53 Å². The van der Waals surface area contributed by atoms with Gasteiger partial charge in [0.25, 0.3) is 0 Å². The Morgan fingerprint density at radius 2 is 1.81 bits per heavy atom. The van der Waals surface area contributed by atoms with Gasteiger partial charge in [-0.2, -0.15) is 11.1 Å². The molecule has 2 nitrogen and oxygen atoms in total. The number of hydrogen-bond donors (Lipinski definition) is 0. The summed E-state index contributed by atoms with van der Waals surface area (Å²) in [5.41, 5.74) is 0.928. The molecule has 0 bridgehead atoms. The highest BCUT2D eigenvalue weighted by Gasteiger charge is 2.18. The highest BCUT2D eigenvalue weighted by atomic mass is 79.9. The van der Waals surface area contributed by atoms with E-state index in [-0.39, 0.29) is 10.8 Å². The second-order valence-electron chi connectivity index (χ2n) is 5.82. The zero-order valence-corrected chi connectivity index (χ0v) is 16.1. The first-order valence-corrected chi connectivity index (χ1v) is 12.6. The highest BCUT2D eigenvalue weighted by Crippen LogP contribution is 2.24. The second kappa shape index (κ2) is 9.64. The lowest BCUT2D eigenvalue weighted by atomic mass is 10.1. The number of halogens is 2. The molecule has 0 fully saturated rings. The molecule has 0 heterocycles. The molecule has 0 aromatic heterocycles. The molecule has 0 radical (unpaired) electrons. The Hall–Kier alpha value is -0.323. The molecule has 118 valence electrons. The van der Waals surface area contributed by atoms with Gasteiger partial charge in [0.1, 0.15) is 12.2 Å². The van der Waals surface area contributed by atoms with Gasteiger partial charge >= 0.3 is 5.97 Å². The third-order valence-electron chi connectivity index (χ3n) is 3.21. The van der Waals surface area contributed by atoms with E-state index in [4.69, 9.17) is 15.8 Å². The lowest BCUT2D eigenvalue weighted by molar-refractivity contribution is -0.143. The molecule has 0 spiro atoms. The summed E-state index contributed by atoms with van der Waals surface area (Å²) in [6, 6.07) is 10.7. The molecule has 0 saturated carbocycles. The summed E-state index contributed by atoms with van der Waals surface area (Å²) in [5, 5.41) is 0. The van der Waals surface area contributed by atoms with Gasteiger partial charge in [0.15, 0.2) is 0 Å². The number of rotatable bonds is 9. The summed E-state index contributed by atoms with van der Waals surface area (Å²) >= 11 is 9.65. The van der Waals surface area contributed by atoms with Gasteiger partial charge in [0.2, 0.25) is 0 Å². The minimum Gasteiger partial charge on any atom is -0.465 e. The number of alkyl halides is 1. The Bertz CT molecular complexity index is 420. The number of esters is 1. The molecule has 21 heavy (non-hydrogen) atoms. The molecule has 1 aromatic carbocycles. The van der Waals surface area contributed by atoms with Crippen LogP contribution in [0.15, 0.2) is 30.3 Å². The van der Waals surface area contributed by atoms with E-state index in [1.165, 1.54) is 6.42 Å². The molecule has 0 aliphatic heterocycles. The van der Waals surface area contributed by atoms with Crippen LogP contribution in [0.1, 0.15) is 36.1 Å². The molecule has 1 atom stereocenters. The molecular formula is C16H24BrClO2Si. The van der Waals surface area contributed by atoms with E-state index in [0.717, 1.165) is 30.9 Å². The van der Waals surface area contributed by atoms with Gasteiger partial charge in [-0.25, -0.2) is 0 Å². The minimum absolute atomic E-state index is 0.213. The van der Waals surface area contributed by atoms with Crippen molar-refractivity contribution >= 4 is 40.4 Å². The quantitative estimate of drug-likeness (QED) is 0.178. The third kappa shape index (κ3) is 8.64. The van der Waals surface area contributed by atoms with Crippen molar-refractivity contribution in [3.63, 3.8) is 0 Å². The van der Waals surface area contributed by atoms with E-state index in [1.54, 1.807) is 0 Å². The van der Waals surface area contributed by atoms with Crippen molar-refractivity contribution in [3.8, 4) is 0 Å².